The van der Waals surface area contributed by atoms with Gasteiger partial charge in [-0.2, -0.15) is 4.99 Å². The van der Waals surface area contributed by atoms with Crippen LogP contribution in [0.5, 0.6) is 0 Å². The number of hydrogen-bond acceptors (Lipinski definition) is 1. The van der Waals surface area contributed by atoms with Crippen LogP contribution < -0.4 is 11.5 Å². The van der Waals surface area contributed by atoms with Crippen LogP contribution in [0.15, 0.2) is 47.5 Å². The molecule has 1 aromatic rings. The molecule has 1 unspecified atom stereocenters. The van der Waals surface area contributed by atoms with Crippen LogP contribution in [0.1, 0.15) is 36.3 Å². The van der Waals surface area contributed by atoms with Crippen molar-refractivity contribution >= 4 is 17.9 Å². The molecule has 0 radical (unpaired) electrons. The summed E-state index contributed by atoms with van der Waals surface area (Å²) in [7, 11) is 0. The van der Waals surface area contributed by atoms with E-state index < -0.39 is 5.91 Å². The highest BCUT2D eigenvalue weighted by Crippen LogP contribution is 2.30. The number of carbonyl (C=O) groups is 1. The Morgan fingerprint density at radius 3 is 2.80 bits per heavy atom. The lowest BCUT2D eigenvalue weighted by molar-refractivity contribution is -0.113. The van der Waals surface area contributed by atoms with Gasteiger partial charge in [-0.3, -0.25) is 4.79 Å². The number of amides is 1. The van der Waals surface area contributed by atoms with E-state index in [4.69, 9.17) is 11.5 Å². The number of guanidine groups is 1. The summed E-state index contributed by atoms with van der Waals surface area (Å²) in [5.74, 6) is -0.245. The predicted octanol–water partition coefficient (Wildman–Crippen LogP) is 2.32. The zero-order chi connectivity index (χ0) is 14.4. The number of nitrogens with two attached hydrogens (primary N) is 2. The summed E-state index contributed by atoms with van der Waals surface area (Å²) in [5, 5.41) is 0. The number of nitrogens with zero attached hydrogens (tertiary/aromatic N) is 1. The molecule has 4 nitrogen and oxygen atoms in total. The molecule has 0 aromatic heterocycles. The second-order valence-electron chi connectivity index (χ2n) is 4.80. The molecule has 1 aliphatic rings. The van der Waals surface area contributed by atoms with Gasteiger partial charge >= 0.3 is 0 Å². The third-order valence-corrected chi connectivity index (χ3v) is 3.29. The van der Waals surface area contributed by atoms with Crippen molar-refractivity contribution in [2.75, 3.05) is 0 Å². The van der Waals surface area contributed by atoms with Gasteiger partial charge in [0, 0.05) is 12.0 Å². The van der Waals surface area contributed by atoms with Crippen molar-refractivity contribution in [3.05, 3.63) is 53.6 Å². The minimum Gasteiger partial charge on any atom is -0.370 e. The van der Waals surface area contributed by atoms with Crippen LogP contribution in [0.25, 0.3) is 6.08 Å². The van der Waals surface area contributed by atoms with Gasteiger partial charge < -0.3 is 11.5 Å². The van der Waals surface area contributed by atoms with E-state index in [1.165, 1.54) is 18.1 Å². The molecule has 0 fully saturated rings. The summed E-state index contributed by atoms with van der Waals surface area (Å²) in [5.41, 5.74) is 12.6. The van der Waals surface area contributed by atoms with Crippen molar-refractivity contribution in [3.8, 4) is 0 Å². The van der Waals surface area contributed by atoms with E-state index in [9.17, 15) is 4.79 Å². The Kier molecular flexibility index (Phi) is 4.71. The fourth-order valence-corrected chi connectivity index (χ4v) is 2.40. The Morgan fingerprint density at radius 1 is 1.30 bits per heavy atom. The van der Waals surface area contributed by atoms with Crippen molar-refractivity contribution in [1.82, 2.24) is 0 Å². The summed E-state index contributed by atoms with van der Waals surface area (Å²) >= 11 is 0. The molecule has 0 aliphatic heterocycles. The fourth-order valence-electron chi connectivity index (χ4n) is 2.40. The van der Waals surface area contributed by atoms with Crippen LogP contribution in [0, 0.1) is 0 Å². The number of aliphatic imine (C=N–C) groups is 1. The Morgan fingerprint density at radius 2 is 2.10 bits per heavy atom. The number of allylic oxidation sites excluding steroid dienone is 2. The number of hydrogen-bond donors (Lipinski definition) is 2. The lowest BCUT2D eigenvalue weighted by Gasteiger charge is -2.18. The molecule has 0 bridgehead atoms. The summed E-state index contributed by atoms with van der Waals surface area (Å²) in [6.07, 6.45) is 11.1. The van der Waals surface area contributed by atoms with E-state index in [1.807, 2.05) is 18.2 Å². The largest absolute Gasteiger partial charge is 0.370 e. The van der Waals surface area contributed by atoms with Crippen molar-refractivity contribution < 1.29 is 4.79 Å². The van der Waals surface area contributed by atoms with E-state index in [0.29, 0.717) is 5.92 Å². The van der Waals surface area contributed by atoms with Crippen LogP contribution in [-0.4, -0.2) is 11.9 Å². The molecule has 4 N–H and O–H groups in total. The third-order valence-electron chi connectivity index (χ3n) is 3.29. The van der Waals surface area contributed by atoms with E-state index >= 15 is 0 Å². The van der Waals surface area contributed by atoms with Gasteiger partial charge in [-0.15, -0.1) is 0 Å². The fraction of sp³-hybridized carbons (Fsp3) is 0.250. The van der Waals surface area contributed by atoms with Gasteiger partial charge in [0.05, 0.1) is 0 Å². The Labute approximate surface area is 118 Å². The van der Waals surface area contributed by atoms with Crippen LogP contribution in [0.3, 0.4) is 0 Å². The lowest BCUT2D eigenvalue weighted by Crippen LogP contribution is -2.23. The van der Waals surface area contributed by atoms with Gasteiger partial charge in [0.1, 0.15) is 0 Å². The molecule has 4 heteroatoms. The monoisotopic (exact) mass is 269 g/mol. The standard InChI is InChI=1S/C16H19N3O/c17-16(18)19-15(20)11-10-13-8-4-5-9-14(13)12-6-2-1-3-7-12/h2,4-6,8-12H,1,3,7H2,(H4,17,18,19,20)/b11-10+. The number of benzene rings is 1. The van der Waals surface area contributed by atoms with Crippen molar-refractivity contribution in [1.29, 1.82) is 0 Å². The highest BCUT2D eigenvalue weighted by Gasteiger charge is 2.13. The normalized spacial score (nSPS) is 18.1. The third kappa shape index (κ3) is 3.82. The topological polar surface area (TPSA) is 81.5 Å². The Balaban J connectivity index is 2.22. The summed E-state index contributed by atoms with van der Waals surface area (Å²) in [6.45, 7) is 0. The number of carbonyl (C=O) groups excluding carboxylic acids is 1. The molecule has 1 aliphatic carbocycles. The van der Waals surface area contributed by atoms with E-state index in [-0.39, 0.29) is 5.96 Å². The molecule has 2 rings (SSSR count). The predicted molar refractivity (Wildman–Crippen MR) is 82.0 cm³/mol. The molecule has 1 aromatic carbocycles. The summed E-state index contributed by atoms with van der Waals surface area (Å²) in [6, 6.07) is 8.08. The summed E-state index contributed by atoms with van der Waals surface area (Å²) in [4.78, 5) is 14.9. The molecule has 0 heterocycles. The first-order valence-corrected chi connectivity index (χ1v) is 6.74. The zero-order valence-electron chi connectivity index (χ0n) is 11.3. The highest BCUT2D eigenvalue weighted by molar-refractivity contribution is 5.99. The molecule has 1 atom stereocenters. The smallest absolute Gasteiger partial charge is 0.272 e. The summed E-state index contributed by atoms with van der Waals surface area (Å²) < 4.78 is 0. The quantitative estimate of drug-likeness (QED) is 0.382. The molecule has 1 amide bonds. The molecule has 0 spiro atoms. The maximum absolute atomic E-state index is 11.5. The maximum Gasteiger partial charge on any atom is 0.272 e. The average Bonchev–Trinajstić information content (AvgIpc) is 2.46. The lowest BCUT2D eigenvalue weighted by atomic mass is 9.86. The van der Waals surface area contributed by atoms with Crippen LogP contribution >= 0.6 is 0 Å². The van der Waals surface area contributed by atoms with Crippen molar-refractivity contribution in [2.24, 2.45) is 16.5 Å². The number of rotatable bonds is 3. The van der Waals surface area contributed by atoms with Crippen LogP contribution in [-0.2, 0) is 4.79 Å². The first kappa shape index (κ1) is 14.1. The van der Waals surface area contributed by atoms with Crippen molar-refractivity contribution in [3.63, 3.8) is 0 Å². The van der Waals surface area contributed by atoms with Gasteiger partial charge in [0.2, 0.25) is 0 Å². The van der Waals surface area contributed by atoms with E-state index in [2.05, 4.69) is 23.2 Å². The zero-order valence-corrected chi connectivity index (χ0v) is 11.3. The molecule has 104 valence electrons. The molecule has 20 heavy (non-hydrogen) atoms. The van der Waals surface area contributed by atoms with E-state index in [1.54, 1.807) is 6.08 Å². The maximum atomic E-state index is 11.5. The van der Waals surface area contributed by atoms with Crippen molar-refractivity contribution in [2.45, 2.75) is 25.2 Å². The second kappa shape index (κ2) is 6.70. The molecular weight excluding hydrogens is 250 g/mol. The SMILES string of the molecule is NC(N)=NC(=O)/C=C/c1ccccc1C1C=CCCC1. The Bertz CT molecular complexity index is 569. The van der Waals surface area contributed by atoms with Gasteiger partial charge in [0.15, 0.2) is 5.96 Å². The molecule has 0 saturated heterocycles. The van der Waals surface area contributed by atoms with Gasteiger partial charge in [-0.1, -0.05) is 36.4 Å². The molecular formula is C16H19N3O. The van der Waals surface area contributed by atoms with Gasteiger partial charge in [0.25, 0.3) is 5.91 Å². The average molecular weight is 269 g/mol. The second-order valence-corrected chi connectivity index (χ2v) is 4.80. The first-order valence-electron chi connectivity index (χ1n) is 6.74. The molecule has 0 saturated carbocycles. The minimum absolute atomic E-state index is 0.219. The van der Waals surface area contributed by atoms with Gasteiger partial charge in [-0.05, 0) is 36.5 Å². The van der Waals surface area contributed by atoms with Gasteiger partial charge in [-0.25, -0.2) is 0 Å². The highest BCUT2D eigenvalue weighted by atomic mass is 16.1. The van der Waals surface area contributed by atoms with E-state index in [0.717, 1.165) is 18.4 Å². The Hall–Kier alpha value is -2.36. The minimum atomic E-state index is -0.445. The van der Waals surface area contributed by atoms with Crippen LogP contribution in [0.4, 0.5) is 0 Å². The first-order chi connectivity index (χ1) is 9.66. The van der Waals surface area contributed by atoms with Crippen LogP contribution in [0.2, 0.25) is 0 Å².